The van der Waals surface area contributed by atoms with Gasteiger partial charge in [-0.2, -0.15) is 11.8 Å². The SMILES string of the molecule is CSCc1nc2ccc(C(=O)O)cc2o1. The number of oxazole rings is 1. The van der Waals surface area contributed by atoms with E-state index >= 15 is 0 Å². The Balaban J connectivity index is 2.47. The van der Waals surface area contributed by atoms with Crippen molar-refractivity contribution in [1.82, 2.24) is 4.98 Å². The highest BCUT2D eigenvalue weighted by molar-refractivity contribution is 7.97. The van der Waals surface area contributed by atoms with E-state index in [0.29, 0.717) is 22.7 Å². The average Bonchev–Trinajstić information content (AvgIpc) is 2.59. The van der Waals surface area contributed by atoms with Crippen LogP contribution in [0.25, 0.3) is 11.1 Å². The number of nitrogens with zero attached hydrogens (tertiary/aromatic N) is 1. The van der Waals surface area contributed by atoms with Crippen LogP contribution in [-0.2, 0) is 5.75 Å². The van der Waals surface area contributed by atoms with E-state index in [1.807, 2.05) is 6.26 Å². The molecule has 2 rings (SSSR count). The predicted octanol–water partition coefficient (Wildman–Crippen LogP) is 2.39. The molecule has 1 N–H and O–H groups in total. The first-order valence-corrected chi connectivity index (χ1v) is 5.72. The molecule has 15 heavy (non-hydrogen) atoms. The van der Waals surface area contributed by atoms with Crippen LogP contribution in [0.1, 0.15) is 16.2 Å². The Labute approximate surface area is 90.3 Å². The minimum absolute atomic E-state index is 0.217. The van der Waals surface area contributed by atoms with Gasteiger partial charge in [0.1, 0.15) is 5.52 Å². The molecule has 2 aromatic rings. The van der Waals surface area contributed by atoms with E-state index in [-0.39, 0.29) is 5.56 Å². The summed E-state index contributed by atoms with van der Waals surface area (Å²) >= 11 is 1.61. The molecule has 1 aromatic heterocycles. The highest BCUT2D eigenvalue weighted by Crippen LogP contribution is 2.19. The van der Waals surface area contributed by atoms with Crippen LogP contribution < -0.4 is 0 Å². The Morgan fingerprint density at radius 2 is 2.40 bits per heavy atom. The molecule has 78 valence electrons. The van der Waals surface area contributed by atoms with Crippen LogP contribution in [0.5, 0.6) is 0 Å². The molecule has 0 aliphatic rings. The van der Waals surface area contributed by atoms with Crippen molar-refractivity contribution < 1.29 is 14.3 Å². The van der Waals surface area contributed by atoms with Crippen molar-refractivity contribution in [3.8, 4) is 0 Å². The summed E-state index contributed by atoms with van der Waals surface area (Å²) in [6.07, 6.45) is 1.96. The molecule has 1 heterocycles. The highest BCUT2D eigenvalue weighted by Gasteiger charge is 2.08. The Morgan fingerprint density at radius 1 is 1.60 bits per heavy atom. The van der Waals surface area contributed by atoms with Crippen LogP contribution in [0.15, 0.2) is 22.6 Å². The monoisotopic (exact) mass is 223 g/mol. The molecule has 0 aliphatic heterocycles. The third-order valence-electron chi connectivity index (χ3n) is 1.95. The van der Waals surface area contributed by atoms with E-state index in [4.69, 9.17) is 9.52 Å². The maximum absolute atomic E-state index is 10.7. The fourth-order valence-electron chi connectivity index (χ4n) is 1.29. The zero-order chi connectivity index (χ0) is 10.8. The zero-order valence-electron chi connectivity index (χ0n) is 8.06. The van der Waals surface area contributed by atoms with Crippen LogP contribution in [-0.4, -0.2) is 22.3 Å². The molecule has 4 nitrogen and oxygen atoms in total. The molecule has 0 fully saturated rings. The first-order chi connectivity index (χ1) is 7.20. The van der Waals surface area contributed by atoms with Gasteiger partial charge in [0.2, 0.25) is 5.89 Å². The lowest BCUT2D eigenvalue weighted by Crippen LogP contribution is -1.94. The number of fused-ring (bicyclic) bond motifs is 1. The van der Waals surface area contributed by atoms with Gasteiger partial charge in [-0.15, -0.1) is 0 Å². The van der Waals surface area contributed by atoms with E-state index in [1.165, 1.54) is 12.1 Å². The maximum atomic E-state index is 10.7. The van der Waals surface area contributed by atoms with E-state index in [9.17, 15) is 4.79 Å². The Bertz CT molecular complexity index is 506. The molecular formula is C10H9NO3S. The molecule has 0 aliphatic carbocycles. The number of carboxylic acid groups (broad SMARTS) is 1. The third-order valence-corrected chi connectivity index (χ3v) is 2.48. The highest BCUT2D eigenvalue weighted by atomic mass is 32.2. The summed E-state index contributed by atoms with van der Waals surface area (Å²) in [5.74, 6) is 0.358. The third kappa shape index (κ3) is 1.97. The van der Waals surface area contributed by atoms with Crippen molar-refractivity contribution in [2.45, 2.75) is 5.75 Å². The van der Waals surface area contributed by atoms with Gasteiger partial charge in [0.15, 0.2) is 5.58 Å². The molecule has 0 saturated heterocycles. The van der Waals surface area contributed by atoms with Crippen molar-refractivity contribution in [3.63, 3.8) is 0 Å². The summed E-state index contributed by atoms with van der Waals surface area (Å²) < 4.78 is 5.40. The quantitative estimate of drug-likeness (QED) is 0.865. The van der Waals surface area contributed by atoms with Gasteiger partial charge in [-0.3, -0.25) is 0 Å². The maximum Gasteiger partial charge on any atom is 0.335 e. The first kappa shape index (κ1) is 10.0. The van der Waals surface area contributed by atoms with Gasteiger partial charge in [-0.05, 0) is 24.5 Å². The molecule has 0 atom stereocenters. The van der Waals surface area contributed by atoms with E-state index in [1.54, 1.807) is 17.8 Å². The summed E-state index contributed by atoms with van der Waals surface area (Å²) in [6, 6.07) is 4.68. The summed E-state index contributed by atoms with van der Waals surface area (Å²) in [5, 5.41) is 8.79. The Kier molecular flexibility index (Phi) is 2.64. The number of thioether (sulfide) groups is 1. The molecule has 5 heteroatoms. The van der Waals surface area contributed by atoms with Crippen LogP contribution in [0.3, 0.4) is 0 Å². The number of carboxylic acids is 1. The lowest BCUT2D eigenvalue weighted by Gasteiger charge is -1.91. The fourth-order valence-corrected chi connectivity index (χ4v) is 1.66. The van der Waals surface area contributed by atoms with Crippen LogP contribution >= 0.6 is 11.8 Å². The van der Waals surface area contributed by atoms with Crippen molar-refractivity contribution >= 4 is 28.8 Å². The summed E-state index contributed by atoms with van der Waals surface area (Å²) in [6.45, 7) is 0. The Morgan fingerprint density at radius 3 is 3.07 bits per heavy atom. The van der Waals surface area contributed by atoms with Crippen molar-refractivity contribution in [1.29, 1.82) is 0 Å². The van der Waals surface area contributed by atoms with Crippen molar-refractivity contribution in [2.75, 3.05) is 6.26 Å². The molecular weight excluding hydrogens is 214 g/mol. The molecule has 0 radical (unpaired) electrons. The predicted molar refractivity (Wildman–Crippen MR) is 58.2 cm³/mol. The topological polar surface area (TPSA) is 63.3 Å². The number of aromatic carboxylic acids is 1. The number of hydrogen-bond donors (Lipinski definition) is 1. The fraction of sp³-hybridized carbons (Fsp3) is 0.200. The smallest absolute Gasteiger partial charge is 0.335 e. The molecule has 0 amide bonds. The number of rotatable bonds is 3. The van der Waals surface area contributed by atoms with Crippen molar-refractivity contribution in [3.05, 3.63) is 29.7 Å². The van der Waals surface area contributed by atoms with E-state index in [0.717, 1.165) is 0 Å². The summed E-state index contributed by atoms with van der Waals surface area (Å²) in [5.41, 5.74) is 1.44. The van der Waals surface area contributed by atoms with Crippen molar-refractivity contribution in [2.24, 2.45) is 0 Å². The number of benzene rings is 1. The standard InChI is InChI=1S/C10H9NO3S/c1-15-5-9-11-7-3-2-6(10(12)13)4-8(7)14-9/h2-4H,5H2,1H3,(H,12,13). The van der Waals surface area contributed by atoms with Gasteiger partial charge in [0, 0.05) is 0 Å². The molecule has 1 aromatic carbocycles. The van der Waals surface area contributed by atoms with Gasteiger partial charge in [-0.25, -0.2) is 9.78 Å². The largest absolute Gasteiger partial charge is 0.478 e. The van der Waals surface area contributed by atoms with Crippen LogP contribution in [0, 0.1) is 0 Å². The van der Waals surface area contributed by atoms with Gasteiger partial charge < -0.3 is 9.52 Å². The second kappa shape index (κ2) is 3.94. The average molecular weight is 223 g/mol. The second-order valence-corrected chi connectivity index (χ2v) is 3.89. The minimum atomic E-state index is -0.959. The zero-order valence-corrected chi connectivity index (χ0v) is 8.87. The number of carbonyl (C=O) groups is 1. The van der Waals surface area contributed by atoms with E-state index in [2.05, 4.69) is 4.98 Å². The minimum Gasteiger partial charge on any atom is -0.478 e. The first-order valence-electron chi connectivity index (χ1n) is 4.32. The molecule has 0 unspecified atom stereocenters. The summed E-state index contributed by atoms with van der Waals surface area (Å²) in [7, 11) is 0. The Hall–Kier alpha value is -1.49. The second-order valence-electron chi connectivity index (χ2n) is 3.03. The molecule has 0 spiro atoms. The van der Waals surface area contributed by atoms with E-state index < -0.39 is 5.97 Å². The lowest BCUT2D eigenvalue weighted by molar-refractivity contribution is 0.0697. The van der Waals surface area contributed by atoms with Gasteiger partial charge in [0.05, 0.1) is 11.3 Å². The normalized spacial score (nSPS) is 10.7. The number of aromatic nitrogens is 1. The lowest BCUT2D eigenvalue weighted by atomic mass is 10.2. The van der Waals surface area contributed by atoms with Crippen LogP contribution in [0.4, 0.5) is 0 Å². The van der Waals surface area contributed by atoms with Gasteiger partial charge >= 0.3 is 5.97 Å². The molecule has 0 bridgehead atoms. The van der Waals surface area contributed by atoms with Gasteiger partial charge in [-0.1, -0.05) is 0 Å². The van der Waals surface area contributed by atoms with Gasteiger partial charge in [0.25, 0.3) is 0 Å². The number of hydrogen-bond acceptors (Lipinski definition) is 4. The van der Waals surface area contributed by atoms with Crippen LogP contribution in [0.2, 0.25) is 0 Å². The summed E-state index contributed by atoms with van der Waals surface area (Å²) in [4.78, 5) is 14.9. The molecule has 0 saturated carbocycles.